The summed E-state index contributed by atoms with van der Waals surface area (Å²) in [5.41, 5.74) is -0.392. The van der Waals surface area contributed by atoms with Crippen molar-refractivity contribution in [3.63, 3.8) is 0 Å². The molecule has 0 aliphatic carbocycles. The topological polar surface area (TPSA) is 51.1 Å². The number of pyridine rings is 1. The molecule has 1 fully saturated rings. The zero-order valence-electron chi connectivity index (χ0n) is 7.62. The van der Waals surface area contributed by atoms with E-state index >= 15 is 0 Å². The number of thioether (sulfide) groups is 1. The number of nitrogens with one attached hydrogen (secondary N) is 1. The quantitative estimate of drug-likeness (QED) is 0.727. The second kappa shape index (κ2) is 2.80. The van der Waals surface area contributed by atoms with Crippen molar-refractivity contribution in [3.8, 4) is 0 Å². The van der Waals surface area contributed by atoms with Crippen molar-refractivity contribution >= 4 is 29.3 Å². The first-order valence-corrected chi connectivity index (χ1v) is 6.00. The zero-order chi connectivity index (χ0) is 10.6. The van der Waals surface area contributed by atoms with Crippen LogP contribution in [-0.4, -0.2) is 22.0 Å². The van der Waals surface area contributed by atoms with Crippen molar-refractivity contribution in [1.29, 1.82) is 0 Å². The van der Waals surface area contributed by atoms with Gasteiger partial charge in [0.2, 0.25) is 0 Å². The second-order valence-electron chi connectivity index (χ2n) is 3.68. The zero-order valence-corrected chi connectivity index (χ0v) is 9.19. The number of carbonyl (C=O) groups excluding carboxylic acids is 1. The van der Waals surface area contributed by atoms with Crippen LogP contribution in [0, 0.1) is 0 Å². The van der Waals surface area contributed by atoms with Crippen LogP contribution in [0.2, 0.25) is 5.02 Å². The van der Waals surface area contributed by atoms with Crippen LogP contribution in [0.25, 0.3) is 0 Å². The summed E-state index contributed by atoms with van der Waals surface area (Å²) in [5, 5.41) is 3.17. The average molecular weight is 243 g/mol. The fourth-order valence-electron chi connectivity index (χ4n) is 1.97. The second-order valence-corrected chi connectivity index (χ2v) is 5.07. The van der Waals surface area contributed by atoms with Crippen LogP contribution in [-0.2, 0) is 5.66 Å². The van der Waals surface area contributed by atoms with E-state index in [0.29, 0.717) is 10.7 Å². The van der Waals surface area contributed by atoms with Gasteiger partial charge in [-0.2, -0.15) is 11.8 Å². The molecule has 1 aromatic heterocycles. The predicted octanol–water partition coefficient (Wildman–Crippen LogP) is 0.645. The standard InChI is InChI=1S/C9H7ClN2O2S/c10-5-1-2-6(13)12-7(5)8(14)11-9(12)3-15-4-9/h1-2H,3-4H2,(H,11,14). The highest BCUT2D eigenvalue weighted by Gasteiger charge is 2.49. The molecule has 2 aliphatic rings. The Labute approximate surface area is 94.6 Å². The first-order valence-electron chi connectivity index (χ1n) is 4.46. The van der Waals surface area contributed by atoms with Gasteiger partial charge < -0.3 is 5.32 Å². The number of hydrogen-bond donors (Lipinski definition) is 1. The molecule has 6 heteroatoms. The SMILES string of the molecule is O=C1NC2(CSC2)n2c1c(Cl)ccc2=O. The average Bonchev–Trinajstić information content (AvgIpc) is 2.46. The monoisotopic (exact) mass is 242 g/mol. The highest BCUT2D eigenvalue weighted by atomic mass is 35.5. The van der Waals surface area contributed by atoms with E-state index in [-0.39, 0.29) is 11.5 Å². The summed E-state index contributed by atoms with van der Waals surface area (Å²) in [6.45, 7) is 0. The number of nitrogens with zero attached hydrogens (tertiary/aromatic N) is 1. The van der Waals surface area contributed by atoms with Crippen molar-refractivity contribution in [2.24, 2.45) is 0 Å². The number of aromatic nitrogens is 1. The third kappa shape index (κ3) is 1.05. The van der Waals surface area contributed by atoms with Crippen molar-refractivity contribution < 1.29 is 4.79 Å². The van der Waals surface area contributed by atoms with Crippen LogP contribution < -0.4 is 10.9 Å². The number of carbonyl (C=O) groups is 1. The van der Waals surface area contributed by atoms with E-state index < -0.39 is 5.66 Å². The summed E-state index contributed by atoms with van der Waals surface area (Å²) in [4.78, 5) is 23.4. The summed E-state index contributed by atoms with van der Waals surface area (Å²) in [7, 11) is 0. The lowest BCUT2D eigenvalue weighted by molar-refractivity contribution is 0.0934. The first kappa shape index (κ1) is 9.30. The van der Waals surface area contributed by atoms with Gasteiger partial charge in [0.1, 0.15) is 11.4 Å². The maximum Gasteiger partial charge on any atom is 0.271 e. The van der Waals surface area contributed by atoms with Crippen molar-refractivity contribution in [2.75, 3.05) is 11.5 Å². The fraction of sp³-hybridized carbons (Fsp3) is 0.333. The smallest absolute Gasteiger partial charge is 0.271 e. The molecule has 4 nitrogen and oxygen atoms in total. The van der Waals surface area contributed by atoms with Crippen LogP contribution in [0.3, 0.4) is 0 Å². The molecule has 3 heterocycles. The molecular formula is C9H7ClN2O2S. The molecule has 15 heavy (non-hydrogen) atoms. The van der Waals surface area contributed by atoms with E-state index in [2.05, 4.69) is 5.32 Å². The molecule has 0 aromatic carbocycles. The minimum Gasteiger partial charge on any atom is -0.326 e. The van der Waals surface area contributed by atoms with Crippen LogP contribution in [0.5, 0.6) is 0 Å². The van der Waals surface area contributed by atoms with Gasteiger partial charge in [-0.25, -0.2) is 0 Å². The summed E-state index contributed by atoms with van der Waals surface area (Å²) in [6, 6.07) is 2.87. The Hall–Kier alpha value is -0.940. The number of halogens is 1. The summed E-state index contributed by atoms with van der Waals surface area (Å²) in [6.07, 6.45) is 0. The van der Waals surface area contributed by atoms with Gasteiger partial charge in [-0.05, 0) is 6.07 Å². The third-order valence-electron chi connectivity index (χ3n) is 2.71. The van der Waals surface area contributed by atoms with Crippen LogP contribution >= 0.6 is 23.4 Å². The van der Waals surface area contributed by atoms with Gasteiger partial charge in [0.05, 0.1) is 5.02 Å². The molecule has 0 saturated carbocycles. The van der Waals surface area contributed by atoms with E-state index in [0.717, 1.165) is 11.5 Å². The largest absolute Gasteiger partial charge is 0.326 e. The van der Waals surface area contributed by atoms with Gasteiger partial charge in [0.15, 0.2) is 0 Å². The summed E-state index contributed by atoms with van der Waals surface area (Å²) < 4.78 is 1.49. The maximum atomic E-state index is 11.7. The molecular weight excluding hydrogens is 236 g/mol. The molecule has 1 spiro atoms. The molecule has 1 N–H and O–H groups in total. The molecule has 0 unspecified atom stereocenters. The summed E-state index contributed by atoms with van der Waals surface area (Å²) >= 11 is 7.61. The van der Waals surface area contributed by atoms with Gasteiger partial charge >= 0.3 is 0 Å². The van der Waals surface area contributed by atoms with Gasteiger partial charge in [0, 0.05) is 17.6 Å². The molecule has 0 radical (unpaired) electrons. The normalized spacial score (nSPS) is 21.0. The van der Waals surface area contributed by atoms with Crippen molar-refractivity contribution in [3.05, 3.63) is 33.2 Å². The van der Waals surface area contributed by atoms with Gasteiger partial charge in [-0.3, -0.25) is 14.2 Å². The molecule has 0 atom stereocenters. The third-order valence-corrected chi connectivity index (χ3v) is 4.38. The molecule has 1 amide bonds. The Morgan fingerprint density at radius 1 is 1.40 bits per heavy atom. The molecule has 2 aliphatic heterocycles. The maximum absolute atomic E-state index is 11.7. The highest BCUT2D eigenvalue weighted by Crippen LogP contribution is 2.38. The summed E-state index contributed by atoms with van der Waals surface area (Å²) in [5.74, 6) is 1.20. The van der Waals surface area contributed by atoms with E-state index in [1.807, 2.05) is 0 Å². The minimum absolute atomic E-state index is 0.173. The van der Waals surface area contributed by atoms with E-state index in [4.69, 9.17) is 11.6 Å². The molecule has 3 rings (SSSR count). The van der Waals surface area contributed by atoms with Crippen molar-refractivity contribution in [2.45, 2.75) is 5.66 Å². The molecule has 0 bridgehead atoms. The van der Waals surface area contributed by atoms with Crippen LogP contribution in [0.1, 0.15) is 10.5 Å². The Bertz CT molecular complexity index is 521. The van der Waals surface area contributed by atoms with Crippen LogP contribution in [0.4, 0.5) is 0 Å². The first-order chi connectivity index (χ1) is 7.14. The number of hydrogen-bond acceptors (Lipinski definition) is 3. The molecule has 1 saturated heterocycles. The van der Waals surface area contributed by atoms with E-state index in [9.17, 15) is 9.59 Å². The number of fused-ring (bicyclic) bond motifs is 2. The fourth-order valence-corrected chi connectivity index (χ4v) is 3.20. The van der Waals surface area contributed by atoms with Gasteiger partial charge in [-0.1, -0.05) is 11.6 Å². The Balaban J connectivity index is 2.35. The predicted molar refractivity (Wildman–Crippen MR) is 58.5 cm³/mol. The van der Waals surface area contributed by atoms with Crippen LogP contribution in [0.15, 0.2) is 16.9 Å². The number of rotatable bonds is 0. The minimum atomic E-state index is -0.515. The lowest BCUT2D eigenvalue weighted by atomic mass is 10.2. The van der Waals surface area contributed by atoms with E-state index in [1.165, 1.54) is 16.7 Å². The van der Waals surface area contributed by atoms with Gasteiger partial charge in [-0.15, -0.1) is 0 Å². The Morgan fingerprint density at radius 2 is 2.13 bits per heavy atom. The molecule has 78 valence electrons. The lowest BCUT2D eigenvalue weighted by Gasteiger charge is -2.38. The number of amides is 1. The van der Waals surface area contributed by atoms with E-state index in [1.54, 1.807) is 11.8 Å². The Morgan fingerprint density at radius 3 is 2.73 bits per heavy atom. The highest BCUT2D eigenvalue weighted by molar-refractivity contribution is 8.00. The lowest BCUT2D eigenvalue weighted by Crippen LogP contribution is -2.56. The molecule has 1 aromatic rings. The Kier molecular flexibility index (Phi) is 1.73. The van der Waals surface area contributed by atoms with Crippen molar-refractivity contribution in [1.82, 2.24) is 9.88 Å². The van der Waals surface area contributed by atoms with Gasteiger partial charge in [0.25, 0.3) is 11.5 Å².